The number of hydrogen-bond acceptors (Lipinski definition) is 2. The van der Waals surface area contributed by atoms with Gasteiger partial charge in [-0.15, -0.1) is 0 Å². The molecule has 2 rings (SSSR count). The van der Waals surface area contributed by atoms with Crippen LogP contribution in [0.1, 0.15) is 12.8 Å². The molecule has 1 atom stereocenters. The first-order valence-corrected chi connectivity index (χ1v) is 6.13. The van der Waals surface area contributed by atoms with Gasteiger partial charge >= 0.3 is 6.03 Å². The van der Waals surface area contributed by atoms with E-state index in [0.717, 1.165) is 6.42 Å². The zero-order valence-corrected chi connectivity index (χ0v) is 10.5. The molecule has 0 bridgehead atoms. The van der Waals surface area contributed by atoms with Gasteiger partial charge in [-0.25, -0.2) is 9.18 Å². The quantitative estimate of drug-likeness (QED) is 0.825. The van der Waals surface area contributed by atoms with E-state index in [-0.39, 0.29) is 17.3 Å². The zero-order chi connectivity index (χ0) is 13.1. The maximum Gasteiger partial charge on any atom is 0.322 e. The normalized spacial score (nSPS) is 19.7. The molecule has 2 N–H and O–H groups in total. The molecule has 2 amide bonds. The van der Waals surface area contributed by atoms with Gasteiger partial charge in [-0.1, -0.05) is 17.7 Å². The van der Waals surface area contributed by atoms with Crippen molar-refractivity contribution in [3.8, 4) is 0 Å². The number of carbonyl (C=O) groups is 1. The highest BCUT2D eigenvalue weighted by Gasteiger charge is 2.22. The lowest BCUT2D eigenvalue weighted by molar-refractivity contribution is 0.0883. The monoisotopic (exact) mass is 272 g/mol. The number of nitrogens with one attached hydrogen (secondary N) is 1. The number of halogens is 2. The Labute approximate surface area is 109 Å². The van der Waals surface area contributed by atoms with Gasteiger partial charge in [0.1, 0.15) is 0 Å². The number of aliphatic hydroxyl groups excluding tert-OH is 1. The molecule has 4 nitrogen and oxygen atoms in total. The van der Waals surface area contributed by atoms with Crippen molar-refractivity contribution in [2.24, 2.45) is 0 Å². The highest BCUT2D eigenvalue weighted by molar-refractivity contribution is 6.31. The molecule has 0 radical (unpaired) electrons. The SMILES string of the molecule is O=C(Nc1cccc(Cl)c1F)N1CCC[C@@H](O)C1. The van der Waals surface area contributed by atoms with E-state index in [2.05, 4.69) is 5.32 Å². The number of likely N-dealkylation sites (tertiary alicyclic amines) is 1. The molecule has 1 aliphatic rings. The van der Waals surface area contributed by atoms with Crippen molar-refractivity contribution in [2.45, 2.75) is 18.9 Å². The fourth-order valence-electron chi connectivity index (χ4n) is 1.93. The largest absolute Gasteiger partial charge is 0.391 e. The maximum atomic E-state index is 13.6. The summed E-state index contributed by atoms with van der Waals surface area (Å²) < 4.78 is 13.6. The summed E-state index contributed by atoms with van der Waals surface area (Å²) in [4.78, 5) is 13.3. The van der Waals surface area contributed by atoms with E-state index in [1.165, 1.54) is 17.0 Å². The van der Waals surface area contributed by atoms with Crippen molar-refractivity contribution in [1.29, 1.82) is 0 Å². The Balaban J connectivity index is 2.04. The number of carbonyl (C=O) groups excluding carboxylic acids is 1. The highest BCUT2D eigenvalue weighted by atomic mass is 35.5. The standard InChI is InChI=1S/C12H14ClFN2O2/c13-9-4-1-5-10(11(9)14)15-12(18)16-6-2-3-8(17)7-16/h1,4-5,8,17H,2-3,6-7H2,(H,15,18)/t8-/m1/s1. The van der Waals surface area contributed by atoms with E-state index in [0.29, 0.717) is 13.0 Å². The lowest BCUT2D eigenvalue weighted by atomic mass is 10.1. The van der Waals surface area contributed by atoms with Crippen LogP contribution in [0.4, 0.5) is 14.9 Å². The van der Waals surface area contributed by atoms with Gasteiger partial charge in [0.05, 0.1) is 16.8 Å². The number of benzene rings is 1. The second-order valence-corrected chi connectivity index (χ2v) is 4.68. The third-order valence-corrected chi connectivity index (χ3v) is 3.17. The van der Waals surface area contributed by atoms with Gasteiger partial charge in [-0.3, -0.25) is 0 Å². The van der Waals surface area contributed by atoms with E-state index in [4.69, 9.17) is 11.6 Å². The van der Waals surface area contributed by atoms with Gasteiger partial charge in [0.15, 0.2) is 5.82 Å². The second kappa shape index (κ2) is 5.54. The first kappa shape index (κ1) is 13.1. The highest BCUT2D eigenvalue weighted by Crippen LogP contribution is 2.22. The van der Waals surface area contributed by atoms with Gasteiger partial charge in [0, 0.05) is 13.1 Å². The number of anilines is 1. The summed E-state index contributed by atoms with van der Waals surface area (Å²) in [6.07, 6.45) is 0.927. The van der Waals surface area contributed by atoms with Crippen LogP contribution in [0.5, 0.6) is 0 Å². The molecule has 0 unspecified atom stereocenters. The Morgan fingerprint density at radius 1 is 1.56 bits per heavy atom. The molecule has 1 heterocycles. The van der Waals surface area contributed by atoms with Gasteiger partial charge in [-0.05, 0) is 25.0 Å². The Morgan fingerprint density at radius 3 is 3.06 bits per heavy atom. The number of urea groups is 1. The minimum atomic E-state index is -0.648. The number of nitrogens with zero attached hydrogens (tertiary/aromatic N) is 1. The molecule has 1 saturated heterocycles. The topological polar surface area (TPSA) is 52.6 Å². The summed E-state index contributed by atoms with van der Waals surface area (Å²) in [5.41, 5.74) is 0.0487. The van der Waals surface area contributed by atoms with E-state index < -0.39 is 18.0 Å². The molecule has 1 aliphatic heterocycles. The lowest BCUT2D eigenvalue weighted by Gasteiger charge is -2.30. The molecule has 98 valence electrons. The lowest BCUT2D eigenvalue weighted by Crippen LogP contribution is -2.44. The first-order chi connectivity index (χ1) is 8.58. The third-order valence-electron chi connectivity index (χ3n) is 2.88. The molecular weight excluding hydrogens is 259 g/mol. The Bertz CT molecular complexity index is 456. The second-order valence-electron chi connectivity index (χ2n) is 4.27. The predicted octanol–water partition coefficient (Wildman–Crippen LogP) is 2.47. The fourth-order valence-corrected chi connectivity index (χ4v) is 2.11. The summed E-state index contributed by atoms with van der Waals surface area (Å²) in [6, 6.07) is 4.00. The molecule has 1 aromatic carbocycles. The van der Waals surface area contributed by atoms with Crippen LogP contribution in [-0.4, -0.2) is 35.2 Å². The number of aliphatic hydroxyl groups is 1. The number of rotatable bonds is 1. The van der Waals surface area contributed by atoms with Gasteiger partial charge in [-0.2, -0.15) is 0 Å². The summed E-state index contributed by atoms with van der Waals surface area (Å²) >= 11 is 5.63. The molecule has 1 aromatic rings. The van der Waals surface area contributed by atoms with E-state index in [1.54, 1.807) is 6.07 Å². The van der Waals surface area contributed by atoms with Crippen molar-refractivity contribution in [3.05, 3.63) is 29.0 Å². The summed E-state index contributed by atoms with van der Waals surface area (Å²) in [5, 5.41) is 11.9. The number of β-amino-alcohol motifs (C(OH)–C–C–N with tert-alkyl or cyclic N) is 1. The average Bonchev–Trinajstić information content (AvgIpc) is 2.35. The van der Waals surface area contributed by atoms with Crippen molar-refractivity contribution in [3.63, 3.8) is 0 Å². The third kappa shape index (κ3) is 2.91. The summed E-state index contributed by atoms with van der Waals surface area (Å²) in [6.45, 7) is 0.832. The molecule has 0 aromatic heterocycles. The van der Waals surface area contributed by atoms with Crippen LogP contribution >= 0.6 is 11.6 Å². The molecule has 1 fully saturated rings. The van der Waals surface area contributed by atoms with Crippen LogP contribution in [0, 0.1) is 5.82 Å². The van der Waals surface area contributed by atoms with Crippen molar-refractivity contribution < 1.29 is 14.3 Å². The van der Waals surface area contributed by atoms with Crippen LogP contribution in [0.25, 0.3) is 0 Å². The zero-order valence-electron chi connectivity index (χ0n) is 9.70. The summed E-state index contributed by atoms with van der Waals surface area (Å²) in [5.74, 6) is -0.648. The number of piperidine rings is 1. The van der Waals surface area contributed by atoms with Gasteiger partial charge in [0.25, 0.3) is 0 Å². The molecular formula is C12H14ClFN2O2. The summed E-state index contributed by atoms with van der Waals surface area (Å²) in [7, 11) is 0. The molecule has 0 saturated carbocycles. The molecule has 0 aliphatic carbocycles. The van der Waals surface area contributed by atoms with Crippen LogP contribution < -0.4 is 5.32 Å². The molecule has 6 heteroatoms. The van der Waals surface area contributed by atoms with Crippen LogP contribution in [0.3, 0.4) is 0 Å². The Morgan fingerprint density at radius 2 is 2.33 bits per heavy atom. The first-order valence-electron chi connectivity index (χ1n) is 5.76. The van der Waals surface area contributed by atoms with Crippen molar-refractivity contribution in [2.75, 3.05) is 18.4 Å². The van der Waals surface area contributed by atoms with Crippen molar-refractivity contribution >= 4 is 23.3 Å². The van der Waals surface area contributed by atoms with E-state index in [1.807, 2.05) is 0 Å². The maximum absolute atomic E-state index is 13.6. The average molecular weight is 273 g/mol. The van der Waals surface area contributed by atoms with Crippen LogP contribution in [0.2, 0.25) is 5.02 Å². The van der Waals surface area contributed by atoms with Gasteiger partial charge < -0.3 is 15.3 Å². The minimum absolute atomic E-state index is 0.0357. The molecule has 18 heavy (non-hydrogen) atoms. The van der Waals surface area contributed by atoms with Gasteiger partial charge in [0.2, 0.25) is 0 Å². The predicted molar refractivity (Wildman–Crippen MR) is 67.2 cm³/mol. The van der Waals surface area contributed by atoms with E-state index in [9.17, 15) is 14.3 Å². The Hall–Kier alpha value is -1.33. The Kier molecular flexibility index (Phi) is 4.04. The van der Waals surface area contributed by atoms with Crippen LogP contribution in [0.15, 0.2) is 18.2 Å². The fraction of sp³-hybridized carbons (Fsp3) is 0.417. The minimum Gasteiger partial charge on any atom is -0.391 e. The molecule has 0 spiro atoms. The van der Waals surface area contributed by atoms with Crippen molar-refractivity contribution in [1.82, 2.24) is 4.90 Å². The van der Waals surface area contributed by atoms with E-state index >= 15 is 0 Å². The number of hydrogen-bond donors (Lipinski definition) is 2. The smallest absolute Gasteiger partial charge is 0.322 e. The number of amides is 2. The van der Waals surface area contributed by atoms with Crippen LogP contribution in [-0.2, 0) is 0 Å².